The van der Waals surface area contributed by atoms with Gasteiger partial charge in [-0.1, -0.05) is 23.7 Å². The molecule has 0 amide bonds. The molecule has 0 aliphatic heterocycles. The molecule has 1 aromatic heterocycles. The topological polar surface area (TPSA) is 39.2 Å². The first-order chi connectivity index (χ1) is 11.9. The number of carbonyl (C=O) groups is 1. The summed E-state index contributed by atoms with van der Waals surface area (Å²) < 4.78 is 29.8. The Hall–Kier alpha value is -1.79. The fourth-order valence-corrected chi connectivity index (χ4v) is 3.29. The van der Waals surface area contributed by atoms with E-state index in [4.69, 9.17) is 16.3 Å². The molecule has 0 atom stereocenters. The van der Waals surface area contributed by atoms with Crippen molar-refractivity contribution in [3.8, 4) is 10.6 Å². The zero-order valence-corrected chi connectivity index (χ0v) is 15.5. The average molecular weight is 386 g/mol. The van der Waals surface area contributed by atoms with Gasteiger partial charge in [0, 0.05) is 10.6 Å². The van der Waals surface area contributed by atoms with Gasteiger partial charge >= 0.3 is 5.97 Å². The number of hydrogen-bond donors (Lipinski definition) is 0. The summed E-state index contributed by atoms with van der Waals surface area (Å²) in [5, 5.41) is 1.30. The van der Waals surface area contributed by atoms with Gasteiger partial charge in [-0.2, -0.15) is 8.78 Å². The summed E-state index contributed by atoms with van der Waals surface area (Å²) >= 11 is 7.23. The number of hydrogen-bond acceptors (Lipinski definition) is 4. The van der Waals surface area contributed by atoms with E-state index in [0.29, 0.717) is 39.9 Å². The second-order valence-corrected chi connectivity index (χ2v) is 7.01. The molecular formula is C18H18ClF2NO2S. The van der Waals surface area contributed by atoms with Crippen LogP contribution in [0.15, 0.2) is 35.9 Å². The van der Waals surface area contributed by atoms with Gasteiger partial charge in [-0.15, -0.1) is 11.3 Å². The predicted octanol–water partition coefficient (Wildman–Crippen LogP) is 6.27. The summed E-state index contributed by atoms with van der Waals surface area (Å²) in [7, 11) is 0. The Morgan fingerprint density at radius 1 is 1.32 bits per heavy atom. The number of rotatable bonds is 7. The highest BCUT2D eigenvalue weighted by Gasteiger charge is 2.17. The van der Waals surface area contributed by atoms with Gasteiger partial charge in [-0.25, -0.2) is 9.78 Å². The van der Waals surface area contributed by atoms with E-state index in [1.54, 1.807) is 19.1 Å². The van der Waals surface area contributed by atoms with Crippen LogP contribution in [0.4, 0.5) is 8.78 Å². The number of unbranched alkanes of at least 4 members (excludes halogenated alkanes) is 1. The summed E-state index contributed by atoms with van der Waals surface area (Å²) in [4.78, 5) is 17.0. The van der Waals surface area contributed by atoms with Gasteiger partial charge in [-0.3, -0.25) is 0 Å². The molecule has 25 heavy (non-hydrogen) atoms. The standard InChI is InChI=1S/C18H18ClF2NO2S/c1-11(16(20)21)6-3-4-9-24-18(23)15-12(2)22-17(25-15)13-7-5-8-14(19)10-13/h5,7-8,10H,3-4,6,9H2,1-2H3. The van der Waals surface area contributed by atoms with Gasteiger partial charge < -0.3 is 4.74 Å². The smallest absolute Gasteiger partial charge is 0.350 e. The number of nitrogens with zero attached hydrogens (tertiary/aromatic N) is 1. The molecule has 0 saturated heterocycles. The largest absolute Gasteiger partial charge is 0.461 e. The van der Waals surface area contributed by atoms with Crippen LogP contribution in [0.5, 0.6) is 0 Å². The van der Waals surface area contributed by atoms with Crippen LogP contribution >= 0.6 is 22.9 Å². The maximum Gasteiger partial charge on any atom is 0.350 e. The lowest BCUT2D eigenvalue weighted by molar-refractivity contribution is 0.0503. The lowest BCUT2D eigenvalue weighted by atomic mass is 10.1. The quantitative estimate of drug-likeness (QED) is 0.416. The molecule has 1 heterocycles. The fourth-order valence-electron chi connectivity index (χ4n) is 2.15. The van der Waals surface area contributed by atoms with Crippen LogP contribution in [0.25, 0.3) is 10.6 Å². The Morgan fingerprint density at radius 2 is 2.08 bits per heavy atom. The Kier molecular flexibility index (Phi) is 7.08. The zero-order valence-electron chi connectivity index (χ0n) is 13.9. The van der Waals surface area contributed by atoms with Crippen molar-refractivity contribution in [3.05, 3.63) is 51.5 Å². The molecule has 0 radical (unpaired) electrons. The van der Waals surface area contributed by atoms with Crippen molar-refractivity contribution in [1.29, 1.82) is 0 Å². The SMILES string of the molecule is CC(CCCCOC(=O)c1sc(-c2cccc(Cl)c2)nc1C)=C(F)F. The van der Waals surface area contributed by atoms with E-state index in [9.17, 15) is 13.6 Å². The highest BCUT2D eigenvalue weighted by molar-refractivity contribution is 7.17. The summed E-state index contributed by atoms with van der Waals surface area (Å²) in [6.45, 7) is 3.35. The van der Waals surface area contributed by atoms with Gasteiger partial charge in [0.05, 0.1) is 12.3 Å². The van der Waals surface area contributed by atoms with E-state index in [2.05, 4.69) is 4.98 Å². The molecule has 0 bridgehead atoms. The number of ether oxygens (including phenoxy) is 1. The molecule has 3 nitrogen and oxygen atoms in total. The average Bonchev–Trinajstić information content (AvgIpc) is 2.96. The first kappa shape index (κ1) is 19.5. The summed E-state index contributed by atoms with van der Waals surface area (Å²) in [5.74, 6) is -0.438. The second kappa shape index (κ2) is 9.06. The van der Waals surface area contributed by atoms with Crippen molar-refractivity contribution in [2.75, 3.05) is 6.61 Å². The third kappa shape index (κ3) is 5.61. The van der Waals surface area contributed by atoms with Crippen LogP contribution in [-0.4, -0.2) is 17.6 Å². The minimum Gasteiger partial charge on any atom is -0.461 e. The van der Waals surface area contributed by atoms with Crippen molar-refractivity contribution in [2.45, 2.75) is 33.1 Å². The lowest BCUT2D eigenvalue weighted by Crippen LogP contribution is -2.06. The monoisotopic (exact) mass is 385 g/mol. The second-order valence-electron chi connectivity index (χ2n) is 5.58. The third-order valence-electron chi connectivity index (χ3n) is 3.56. The van der Waals surface area contributed by atoms with E-state index in [-0.39, 0.29) is 12.2 Å². The zero-order chi connectivity index (χ0) is 18.4. The normalized spacial score (nSPS) is 10.6. The van der Waals surface area contributed by atoms with Crippen molar-refractivity contribution in [2.24, 2.45) is 0 Å². The molecule has 0 unspecified atom stereocenters. The molecule has 0 spiro atoms. The van der Waals surface area contributed by atoms with Crippen molar-refractivity contribution >= 4 is 28.9 Å². The lowest BCUT2D eigenvalue weighted by Gasteiger charge is -2.04. The highest BCUT2D eigenvalue weighted by Crippen LogP contribution is 2.30. The van der Waals surface area contributed by atoms with E-state index >= 15 is 0 Å². The molecule has 0 fully saturated rings. The van der Waals surface area contributed by atoms with Crippen LogP contribution in [0.2, 0.25) is 5.02 Å². The Labute approximate surface area is 154 Å². The molecule has 2 aromatic rings. The van der Waals surface area contributed by atoms with E-state index in [0.717, 1.165) is 5.56 Å². The Bertz CT molecular complexity index is 785. The molecule has 7 heteroatoms. The van der Waals surface area contributed by atoms with Gasteiger partial charge in [0.2, 0.25) is 0 Å². The predicted molar refractivity (Wildman–Crippen MR) is 96.3 cm³/mol. The summed E-state index contributed by atoms with van der Waals surface area (Å²) in [6.07, 6.45) is -0.245. The van der Waals surface area contributed by atoms with E-state index in [1.807, 2.05) is 12.1 Å². The van der Waals surface area contributed by atoms with E-state index < -0.39 is 12.0 Å². The van der Waals surface area contributed by atoms with Crippen molar-refractivity contribution < 1.29 is 18.3 Å². The maximum absolute atomic E-state index is 12.3. The molecule has 0 saturated carbocycles. The minimum atomic E-state index is -1.63. The molecule has 0 aliphatic rings. The summed E-state index contributed by atoms with van der Waals surface area (Å²) in [5.41, 5.74) is 1.52. The number of halogens is 3. The summed E-state index contributed by atoms with van der Waals surface area (Å²) in [6, 6.07) is 7.25. The van der Waals surface area contributed by atoms with Gasteiger partial charge in [0.25, 0.3) is 6.08 Å². The number of esters is 1. The first-order valence-electron chi connectivity index (χ1n) is 7.79. The minimum absolute atomic E-state index is 0.0794. The van der Waals surface area contributed by atoms with Gasteiger partial charge in [0.15, 0.2) is 0 Å². The van der Waals surface area contributed by atoms with Crippen LogP contribution in [0, 0.1) is 6.92 Å². The number of benzene rings is 1. The number of thiazole rings is 1. The van der Waals surface area contributed by atoms with Crippen LogP contribution in [0.3, 0.4) is 0 Å². The van der Waals surface area contributed by atoms with E-state index in [1.165, 1.54) is 18.3 Å². The number of allylic oxidation sites excluding steroid dienone is 1. The molecule has 0 N–H and O–H groups in total. The molecule has 134 valence electrons. The number of carbonyl (C=O) groups excluding carboxylic acids is 1. The van der Waals surface area contributed by atoms with Crippen LogP contribution in [0.1, 0.15) is 41.6 Å². The molecule has 2 rings (SSSR count). The number of aromatic nitrogens is 1. The molecule has 0 aliphatic carbocycles. The van der Waals surface area contributed by atoms with Crippen LogP contribution in [-0.2, 0) is 4.74 Å². The van der Waals surface area contributed by atoms with Crippen molar-refractivity contribution in [3.63, 3.8) is 0 Å². The van der Waals surface area contributed by atoms with Crippen molar-refractivity contribution in [1.82, 2.24) is 4.98 Å². The van der Waals surface area contributed by atoms with Gasteiger partial charge in [-0.05, 0) is 50.8 Å². The van der Waals surface area contributed by atoms with Gasteiger partial charge in [0.1, 0.15) is 9.88 Å². The van der Waals surface area contributed by atoms with Crippen LogP contribution < -0.4 is 0 Å². The Morgan fingerprint density at radius 3 is 2.76 bits per heavy atom. The first-order valence-corrected chi connectivity index (χ1v) is 8.99. The maximum atomic E-state index is 12.3. The highest BCUT2D eigenvalue weighted by atomic mass is 35.5. The third-order valence-corrected chi connectivity index (χ3v) is 4.98. The fraction of sp³-hybridized carbons (Fsp3) is 0.333. The molecule has 1 aromatic carbocycles. The Balaban J connectivity index is 1.91. The molecular weight excluding hydrogens is 368 g/mol. The number of aryl methyl sites for hydroxylation is 1.